The van der Waals surface area contributed by atoms with Gasteiger partial charge in [-0.3, -0.25) is 24.2 Å². The molecule has 3 unspecified atom stereocenters. The van der Waals surface area contributed by atoms with E-state index in [4.69, 9.17) is 0 Å². The van der Waals surface area contributed by atoms with Crippen molar-refractivity contribution in [3.8, 4) is 5.75 Å². The van der Waals surface area contributed by atoms with Crippen molar-refractivity contribution in [1.82, 2.24) is 20.1 Å². The number of carbonyl (C=O) groups excluding carboxylic acids is 4. The number of hydrogen-bond acceptors (Lipinski definition) is 6. The van der Waals surface area contributed by atoms with E-state index >= 15 is 0 Å². The zero-order chi connectivity index (χ0) is 29.2. The predicted octanol–water partition coefficient (Wildman–Crippen LogP) is 2.91. The van der Waals surface area contributed by atoms with Gasteiger partial charge in [0.05, 0.1) is 19.0 Å². The van der Waals surface area contributed by atoms with E-state index in [9.17, 15) is 24.3 Å². The van der Waals surface area contributed by atoms with Crippen LogP contribution in [-0.4, -0.2) is 74.6 Å². The number of Topliss-reactive ketones (excluding diaryl/α,β-unsaturated/α-hetero) is 1. The summed E-state index contributed by atoms with van der Waals surface area (Å²) in [6, 6.07) is 20.9. The van der Waals surface area contributed by atoms with E-state index in [1.54, 1.807) is 47.6 Å². The van der Waals surface area contributed by atoms with Crippen LogP contribution in [0.1, 0.15) is 27.9 Å². The van der Waals surface area contributed by atoms with Crippen molar-refractivity contribution >= 4 is 34.3 Å². The Kier molecular flexibility index (Phi) is 7.39. The number of fused-ring (bicyclic) bond motifs is 2. The molecule has 2 N–H and O–H groups in total. The molecule has 1 aromatic heterocycles. The standard InChI is InChI=1S/C33H30N4O5/c38-24-12-10-21(11-13-24)17-27(35-32(41)26-9-3-7-23-6-1-2-8-25(23)26)33(42)36-16-14-28-31(36)29(39)20-37(28)30(40)18-22-5-4-15-34-19-22/h1-13,15,19,27-28,31,38H,14,16-18,20H2,(H,35,41). The summed E-state index contributed by atoms with van der Waals surface area (Å²) in [4.78, 5) is 61.3. The van der Waals surface area contributed by atoms with Crippen molar-refractivity contribution in [2.45, 2.75) is 37.4 Å². The van der Waals surface area contributed by atoms with Crippen molar-refractivity contribution < 1.29 is 24.3 Å². The fraction of sp³-hybridized carbons (Fsp3) is 0.242. The van der Waals surface area contributed by atoms with Crippen molar-refractivity contribution in [3.05, 3.63) is 108 Å². The first-order valence-electron chi connectivity index (χ1n) is 14.0. The molecule has 9 heteroatoms. The van der Waals surface area contributed by atoms with Gasteiger partial charge in [-0.2, -0.15) is 0 Å². The number of nitrogens with zero attached hydrogens (tertiary/aromatic N) is 3. The van der Waals surface area contributed by atoms with Gasteiger partial charge < -0.3 is 20.2 Å². The highest BCUT2D eigenvalue weighted by Gasteiger charge is 2.52. The molecule has 42 heavy (non-hydrogen) atoms. The maximum absolute atomic E-state index is 14.1. The largest absolute Gasteiger partial charge is 0.508 e. The quantitative estimate of drug-likeness (QED) is 0.358. The van der Waals surface area contributed by atoms with Crippen LogP contribution in [0.4, 0.5) is 0 Å². The van der Waals surface area contributed by atoms with Gasteiger partial charge in [-0.05, 0) is 52.6 Å². The summed E-state index contributed by atoms with van der Waals surface area (Å²) in [6.45, 7) is 0.246. The second-order valence-corrected chi connectivity index (χ2v) is 10.8. The molecule has 0 saturated carbocycles. The normalized spacial score (nSPS) is 18.6. The summed E-state index contributed by atoms with van der Waals surface area (Å²) in [5.41, 5.74) is 1.94. The molecule has 3 amide bonds. The minimum absolute atomic E-state index is 0.0524. The summed E-state index contributed by atoms with van der Waals surface area (Å²) in [5, 5.41) is 14.4. The smallest absolute Gasteiger partial charge is 0.252 e. The molecule has 2 saturated heterocycles. The summed E-state index contributed by atoms with van der Waals surface area (Å²) < 4.78 is 0. The number of phenols is 1. The Bertz CT molecular complexity index is 1650. The molecule has 2 fully saturated rings. The Morgan fingerprint density at radius 3 is 2.50 bits per heavy atom. The molecular weight excluding hydrogens is 532 g/mol. The number of ketones is 1. The van der Waals surface area contributed by atoms with Crippen molar-refractivity contribution in [2.75, 3.05) is 13.1 Å². The van der Waals surface area contributed by atoms with E-state index in [-0.39, 0.29) is 42.7 Å². The molecule has 4 aromatic rings. The third-order valence-corrected chi connectivity index (χ3v) is 8.12. The van der Waals surface area contributed by atoms with Crippen molar-refractivity contribution in [2.24, 2.45) is 0 Å². The Hall–Kier alpha value is -5.05. The summed E-state index contributed by atoms with van der Waals surface area (Å²) >= 11 is 0. The fourth-order valence-electron chi connectivity index (χ4n) is 6.10. The second-order valence-electron chi connectivity index (χ2n) is 10.8. The zero-order valence-electron chi connectivity index (χ0n) is 22.8. The zero-order valence-corrected chi connectivity index (χ0v) is 22.8. The SMILES string of the molecule is O=C(NC(Cc1ccc(O)cc1)C(=O)N1CCC2C1C(=O)CN2C(=O)Cc1cccnc1)c1cccc2ccccc12. The molecule has 3 heterocycles. The molecule has 0 bridgehead atoms. The summed E-state index contributed by atoms with van der Waals surface area (Å²) in [6.07, 6.45) is 4.04. The van der Waals surface area contributed by atoms with Gasteiger partial charge in [-0.25, -0.2) is 0 Å². The third kappa shape index (κ3) is 5.33. The predicted molar refractivity (Wildman–Crippen MR) is 156 cm³/mol. The highest BCUT2D eigenvalue weighted by molar-refractivity contribution is 6.08. The van der Waals surface area contributed by atoms with Crippen molar-refractivity contribution in [3.63, 3.8) is 0 Å². The van der Waals surface area contributed by atoms with Gasteiger partial charge in [0, 0.05) is 30.9 Å². The van der Waals surface area contributed by atoms with Gasteiger partial charge in [0.1, 0.15) is 17.8 Å². The first-order chi connectivity index (χ1) is 20.4. The number of phenolic OH excluding ortho intramolecular Hbond substituents is 1. The number of amides is 3. The van der Waals surface area contributed by atoms with Crippen LogP contribution in [0.3, 0.4) is 0 Å². The monoisotopic (exact) mass is 562 g/mol. The van der Waals surface area contributed by atoms with E-state index < -0.39 is 24.0 Å². The average Bonchev–Trinajstić information content (AvgIpc) is 3.59. The number of pyridine rings is 1. The molecule has 6 rings (SSSR count). The van der Waals surface area contributed by atoms with Crippen LogP contribution >= 0.6 is 0 Å². The van der Waals surface area contributed by atoms with Crippen LogP contribution in [0.15, 0.2) is 91.3 Å². The van der Waals surface area contributed by atoms with Gasteiger partial charge in [0.2, 0.25) is 11.8 Å². The molecule has 2 aliphatic rings. The number of carbonyl (C=O) groups is 4. The van der Waals surface area contributed by atoms with E-state index in [0.717, 1.165) is 21.9 Å². The molecule has 3 aromatic carbocycles. The number of rotatable bonds is 7. The van der Waals surface area contributed by atoms with E-state index in [1.807, 2.05) is 36.4 Å². The first-order valence-corrected chi connectivity index (χ1v) is 14.0. The molecule has 0 spiro atoms. The van der Waals surface area contributed by atoms with E-state index in [2.05, 4.69) is 10.3 Å². The molecule has 0 radical (unpaired) electrons. The first kappa shape index (κ1) is 27.1. The van der Waals surface area contributed by atoms with Crippen LogP contribution in [-0.2, 0) is 27.2 Å². The Labute approximate surface area is 242 Å². The van der Waals surface area contributed by atoms with Gasteiger partial charge >= 0.3 is 0 Å². The number of nitrogens with one attached hydrogen (secondary N) is 1. The van der Waals surface area contributed by atoms with Gasteiger partial charge in [-0.1, -0.05) is 54.6 Å². The number of likely N-dealkylation sites (tertiary alicyclic amines) is 2. The van der Waals surface area contributed by atoms with Crippen LogP contribution in [0.25, 0.3) is 10.8 Å². The Morgan fingerprint density at radius 1 is 0.929 bits per heavy atom. The van der Waals surface area contributed by atoms with Crippen molar-refractivity contribution in [1.29, 1.82) is 0 Å². The number of benzene rings is 3. The highest BCUT2D eigenvalue weighted by Crippen LogP contribution is 2.31. The minimum atomic E-state index is -0.965. The molecule has 2 aliphatic heterocycles. The number of aromatic hydroxyl groups is 1. The lowest BCUT2D eigenvalue weighted by Crippen LogP contribution is -2.53. The second kappa shape index (κ2) is 11.4. The number of hydrogen-bond donors (Lipinski definition) is 2. The summed E-state index contributed by atoms with van der Waals surface area (Å²) in [5.74, 6) is -1.04. The topological polar surface area (TPSA) is 120 Å². The molecule has 3 atom stereocenters. The Morgan fingerprint density at radius 2 is 1.71 bits per heavy atom. The Balaban J connectivity index is 1.24. The van der Waals surface area contributed by atoms with Gasteiger partial charge in [0.15, 0.2) is 5.78 Å². The maximum Gasteiger partial charge on any atom is 0.252 e. The summed E-state index contributed by atoms with van der Waals surface area (Å²) in [7, 11) is 0. The van der Waals surface area contributed by atoms with E-state index in [1.165, 1.54) is 17.0 Å². The lowest BCUT2D eigenvalue weighted by atomic mass is 10.0. The van der Waals surface area contributed by atoms with Crippen LogP contribution in [0.5, 0.6) is 5.75 Å². The van der Waals surface area contributed by atoms with Crippen LogP contribution in [0, 0.1) is 0 Å². The van der Waals surface area contributed by atoms with Gasteiger partial charge in [-0.15, -0.1) is 0 Å². The molecular formula is C33H30N4O5. The average molecular weight is 563 g/mol. The fourth-order valence-corrected chi connectivity index (χ4v) is 6.10. The molecule has 212 valence electrons. The van der Waals surface area contributed by atoms with Crippen LogP contribution in [0.2, 0.25) is 0 Å². The molecule has 0 aliphatic carbocycles. The number of aromatic nitrogens is 1. The minimum Gasteiger partial charge on any atom is -0.508 e. The third-order valence-electron chi connectivity index (χ3n) is 8.12. The highest BCUT2D eigenvalue weighted by atomic mass is 16.3. The lowest BCUT2D eigenvalue weighted by Gasteiger charge is -2.28. The van der Waals surface area contributed by atoms with Crippen LogP contribution < -0.4 is 5.32 Å². The van der Waals surface area contributed by atoms with Gasteiger partial charge in [0.25, 0.3) is 5.91 Å². The lowest BCUT2D eigenvalue weighted by molar-refractivity contribution is -0.138. The van der Waals surface area contributed by atoms with E-state index in [0.29, 0.717) is 18.5 Å². The maximum atomic E-state index is 14.1. The molecule has 9 nitrogen and oxygen atoms in total.